The van der Waals surface area contributed by atoms with Crippen LogP contribution in [0, 0.1) is 0 Å². The average molecular weight is 366 g/mol. The molecule has 0 radical (unpaired) electrons. The molecular weight excluding hydrogens is 344 g/mol. The fourth-order valence-electron chi connectivity index (χ4n) is 2.91. The van der Waals surface area contributed by atoms with Gasteiger partial charge in [-0.15, -0.1) is 0 Å². The molecule has 1 aliphatic heterocycles. The monoisotopic (exact) mass is 366 g/mol. The summed E-state index contributed by atoms with van der Waals surface area (Å²) in [7, 11) is 0. The van der Waals surface area contributed by atoms with Gasteiger partial charge in [0.1, 0.15) is 11.6 Å². The minimum absolute atomic E-state index is 0.252. The zero-order valence-corrected chi connectivity index (χ0v) is 15.0. The molecule has 0 bridgehead atoms. The summed E-state index contributed by atoms with van der Waals surface area (Å²) in [6.07, 6.45) is 5.47. The Morgan fingerprint density at radius 3 is 2.81 bits per heavy atom. The first-order valence-corrected chi connectivity index (χ1v) is 9.19. The summed E-state index contributed by atoms with van der Waals surface area (Å²) >= 11 is 0. The van der Waals surface area contributed by atoms with E-state index in [0.717, 1.165) is 43.1 Å². The fraction of sp³-hybridized carbons (Fsp3) is 0.350. The maximum absolute atomic E-state index is 5.71. The molecule has 2 aromatic heterocycles. The molecule has 1 saturated heterocycles. The summed E-state index contributed by atoms with van der Waals surface area (Å²) in [5.74, 6) is 2.49. The molecule has 1 aromatic carbocycles. The molecule has 7 heteroatoms. The molecular formula is C20H22N4O3. The van der Waals surface area contributed by atoms with Crippen molar-refractivity contribution in [1.82, 2.24) is 15.1 Å². The number of nitrogens with zero attached hydrogens (tertiary/aromatic N) is 3. The summed E-state index contributed by atoms with van der Waals surface area (Å²) in [6, 6.07) is 13.4. The summed E-state index contributed by atoms with van der Waals surface area (Å²) in [6.45, 7) is 1.88. The maximum Gasteiger partial charge on any atom is 0.259 e. The lowest BCUT2D eigenvalue weighted by atomic mass is 10.1. The van der Waals surface area contributed by atoms with Crippen molar-refractivity contribution in [2.45, 2.75) is 32.0 Å². The van der Waals surface area contributed by atoms with Crippen LogP contribution in [0.3, 0.4) is 0 Å². The largest absolute Gasteiger partial charge is 0.485 e. The van der Waals surface area contributed by atoms with Gasteiger partial charge in [-0.1, -0.05) is 23.4 Å². The van der Waals surface area contributed by atoms with Crippen molar-refractivity contribution in [3.05, 3.63) is 54.5 Å². The van der Waals surface area contributed by atoms with Gasteiger partial charge in [-0.2, -0.15) is 4.98 Å². The van der Waals surface area contributed by atoms with Crippen LogP contribution in [0.4, 0.5) is 5.82 Å². The van der Waals surface area contributed by atoms with E-state index in [4.69, 9.17) is 14.0 Å². The molecule has 1 aliphatic rings. The number of ether oxygens (including phenoxy) is 2. The highest BCUT2D eigenvalue weighted by molar-refractivity contribution is 5.54. The number of rotatable bonds is 7. The zero-order valence-electron chi connectivity index (χ0n) is 15.0. The highest BCUT2D eigenvalue weighted by Crippen LogP contribution is 2.19. The standard InChI is InChI=1S/C20H22N4O3/c1-2-6-16(7-3-1)26-14-19-23-20(27-24-19)15-9-10-18(21-12-15)22-13-17-8-4-5-11-25-17/h1-3,6-7,9-10,12,17H,4-5,8,11,13-14H2,(H,21,22)/t17-/m1/s1. The van der Waals surface area contributed by atoms with Crippen molar-refractivity contribution >= 4 is 5.82 Å². The molecule has 1 atom stereocenters. The van der Waals surface area contributed by atoms with E-state index in [0.29, 0.717) is 11.7 Å². The highest BCUT2D eigenvalue weighted by Gasteiger charge is 2.14. The van der Waals surface area contributed by atoms with E-state index < -0.39 is 0 Å². The van der Waals surface area contributed by atoms with Gasteiger partial charge in [0.15, 0.2) is 6.61 Å². The van der Waals surface area contributed by atoms with Gasteiger partial charge in [-0.25, -0.2) is 4.98 Å². The molecule has 4 rings (SSSR count). The van der Waals surface area contributed by atoms with Crippen LogP contribution in [-0.4, -0.2) is 34.4 Å². The lowest BCUT2D eigenvalue weighted by Crippen LogP contribution is -2.27. The first-order valence-electron chi connectivity index (χ1n) is 9.19. The van der Waals surface area contributed by atoms with Gasteiger partial charge in [0, 0.05) is 19.3 Å². The van der Waals surface area contributed by atoms with Crippen molar-refractivity contribution in [1.29, 1.82) is 0 Å². The van der Waals surface area contributed by atoms with Gasteiger partial charge < -0.3 is 19.3 Å². The number of hydrogen-bond acceptors (Lipinski definition) is 7. The molecule has 3 heterocycles. The second-order valence-electron chi connectivity index (χ2n) is 6.42. The smallest absolute Gasteiger partial charge is 0.259 e. The molecule has 1 N–H and O–H groups in total. The molecule has 27 heavy (non-hydrogen) atoms. The van der Waals surface area contributed by atoms with Crippen LogP contribution in [-0.2, 0) is 11.3 Å². The Bertz CT molecular complexity index is 830. The Balaban J connectivity index is 1.31. The van der Waals surface area contributed by atoms with Gasteiger partial charge in [-0.3, -0.25) is 0 Å². The van der Waals surface area contributed by atoms with Gasteiger partial charge in [0.2, 0.25) is 5.82 Å². The predicted molar refractivity (Wildman–Crippen MR) is 100 cm³/mol. The minimum Gasteiger partial charge on any atom is -0.485 e. The fourth-order valence-corrected chi connectivity index (χ4v) is 2.91. The predicted octanol–water partition coefficient (Wildman–Crippen LogP) is 3.69. The number of pyridine rings is 1. The van der Waals surface area contributed by atoms with Crippen LogP contribution in [0.15, 0.2) is 53.2 Å². The molecule has 1 fully saturated rings. The van der Waals surface area contributed by atoms with Crippen molar-refractivity contribution in [2.24, 2.45) is 0 Å². The van der Waals surface area contributed by atoms with E-state index in [1.807, 2.05) is 42.5 Å². The van der Waals surface area contributed by atoms with Crippen LogP contribution in [0.2, 0.25) is 0 Å². The van der Waals surface area contributed by atoms with Crippen molar-refractivity contribution < 1.29 is 14.0 Å². The highest BCUT2D eigenvalue weighted by atomic mass is 16.5. The van der Waals surface area contributed by atoms with E-state index in [-0.39, 0.29) is 12.7 Å². The number of aromatic nitrogens is 3. The van der Waals surface area contributed by atoms with Crippen LogP contribution in [0.5, 0.6) is 5.75 Å². The van der Waals surface area contributed by atoms with Gasteiger partial charge in [0.25, 0.3) is 5.89 Å². The molecule has 0 spiro atoms. The third kappa shape index (κ3) is 4.83. The first kappa shape index (κ1) is 17.5. The van der Waals surface area contributed by atoms with Crippen molar-refractivity contribution in [2.75, 3.05) is 18.5 Å². The Morgan fingerprint density at radius 2 is 2.04 bits per heavy atom. The molecule has 0 aliphatic carbocycles. The lowest BCUT2D eigenvalue weighted by molar-refractivity contribution is 0.0247. The topological polar surface area (TPSA) is 82.3 Å². The quantitative estimate of drug-likeness (QED) is 0.683. The SMILES string of the molecule is c1ccc(OCc2noc(-c3ccc(NC[C@H]4CCCCO4)nc3)n2)cc1. The Labute approximate surface area is 157 Å². The Hall–Kier alpha value is -2.93. The van der Waals surface area contributed by atoms with Gasteiger partial charge in [-0.05, 0) is 43.5 Å². The van der Waals surface area contributed by atoms with E-state index in [1.54, 1.807) is 6.20 Å². The van der Waals surface area contributed by atoms with Crippen LogP contribution < -0.4 is 10.1 Å². The zero-order chi connectivity index (χ0) is 18.3. The van der Waals surface area contributed by atoms with Gasteiger partial charge in [0.05, 0.1) is 11.7 Å². The average Bonchev–Trinajstić information content (AvgIpc) is 3.22. The van der Waals surface area contributed by atoms with E-state index in [2.05, 4.69) is 20.4 Å². The molecule has 0 saturated carbocycles. The normalized spacial score (nSPS) is 16.8. The maximum atomic E-state index is 5.71. The third-order valence-corrected chi connectivity index (χ3v) is 4.37. The number of para-hydroxylation sites is 1. The van der Waals surface area contributed by atoms with Crippen LogP contribution >= 0.6 is 0 Å². The Kier molecular flexibility index (Phi) is 5.59. The molecule has 7 nitrogen and oxygen atoms in total. The first-order chi connectivity index (χ1) is 13.4. The second-order valence-corrected chi connectivity index (χ2v) is 6.42. The van der Waals surface area contributed by atoms with E-state index in [1.165, 1.54) is 6.42 Å². The third-order valence-electron chi connectivity index (χ3n) is 4.37. The van der Waals surface area contributed by atoms with Crippen LogP contribution in [0.25, 0.3) is 11.5 Å². The van der Waals surface area contributed by atoms with Gasteiger partial charge >= 0.3 is 0 Å². The van der Waals surface area contributed by atoms with Crippen LogP contribution in [0.1, 0.15) is 25.1 Å². The summed E-state index contributed by atoms with van der Waals surface area (Å²) in [5, 5.41) is 7.27. The molecule has 140 valence electrons. The molecule has 0 amide bonds. The summed E-state index contributed by atoms with van der Waals surface area (Å²) in [5.41, 5.74) is 0.771. The number of nitrogens with one attached hydrogen (secondary N) is 1. The van der Waals surface area contributed by atoms with E-state index >= 15 is 0 Å². The number of anilines is 1. The lowest BCUT2D eigenvalue weighted by Gasteiger charge is -2.22. The molecule has 3 aromatic rings. The summed E-state index contributed by atoms with van der Waals surface area (Å²) < 4.78 is 16.7. The van der Waals surface area contributed by atoms with E-state index in [9.17, 15) is 0 Å². The Morgan fingerprint density at radius 1 is 1.11 bits per heavy atom. The van der Waals surface area contributed by atoms with Crippen molar-refractivity contribution in [3.63, 3.8) is 0 Å². The van der Waals surface area contributed by atoms with Crippen molar-refractivity contribution in [3.8, 4) is 17.2 Å². The molecule has 0 unspecified atom stereocenters. The summed E-state index contributed by atoms with van der Waals surface area (Å²) in [4.78, 5) is 8.78. The number of hydrogen-bond donors (Lipinski definition) is 1. The number of benzene rings is 1. The second kappa shape index (κ2) is 8.64. The minimum atomic E-state index is 0.252.